The fourth-order valence-electron chi connectivity index (χ4n) is 4.70. The van der Waals surface area contributed by atoms with Gasteiger partial charge in [0.15, 0.2) is 0 Å². The number of hydrogen-bond acceptors (Lipinski definition) is 2. The normalized spacial score (nSPS) is 8.35. The monoisotopic (exact) mass is 2110 g/mol. The van der Waals surface area contributed by atoms with Crippen LogP contribution in [0.1, 0.15) is 136 Å². The zero-order valence-corrected chi connectivity index (χ0v) is 69.8. The van der Waals surface area contributed by atoms with Crippen LogP contribution in [-0.4, -0.2) is 83.9 Å². The molecule has 20 heteroatoms. The number of rotatable bonds is 12. The van der Waals surface area contributed by atoms with Gasteiger partial charge in [-0.05, 0) is 161 Å². The summed E-state index contributed by atoms with van der Waals surface area (Å²) in [6.45, 7) is 40.9. The van der Waals surface area contributed by atoms with Crippen molar-refractivity contribution in [3.8, 4) is 0 Å². The third-order valence-electron chi connectivity index (χ3n) is 9.09. The molecule has 0 aliphatic heterocycles. The van der Waals surface area contributed by atoms with Gasteiger partial charge in [0.05, 0.1) is 73.9 Å². The molecule has 0 spiro atoms. The molecule has 2 rings (SSSR count). The van der Waals surface area contributed by atoms with Crippen LogP contribution in [0.2, 0.25) is 0 Å². The van der Waals surface area contributed by atoms with Crippen LogP contribution in [0.25, 0.3) is 0 Å². The minimum atomic E-state index is 0. The van der Waals surface area contributed by atoms with Crippen molar-refractivity contribution in [2.45, 2.75) is 135 Å². The van der Waals surface area contributed by atoms with Crippen LogP contribution in [0.3, 0.4) is 0 Å². The summed E-state index contributed by atoms with van der Waals surface area (Å²) in [6, 6.07) is 8.22. The molecule has 2 aromatic heterocycles. The largest absolute Gasteiger partial charge is 2.00 e. The van der Waals surface area contributed by atoms with Gasteiger partial charge in [0.1, 0.15) is 0 Å². The molecule has 0 aliphatic carbocycles. The van der Waals surface area contributed by atoms with E-state index in [4.69, 9.17) is 0 Å². The van der Waals surface area contributed by atoms with E-state index in [9.17, 15) is 0 Å². The molecule has 2 aromatic rings. The van der Waals surface area contributed by atoms with E-state index in [0.717, 1.165) is 0 Å². The first-order valence-corrected chi connectivity index (χ1v) is 28.2. The number of nitrogens with zero attached hydrogens (tertiary/aromatic N) is 2. The van der Waals surface area contributed by atoms with E-state index in [1.165, 1.54) is 85.1 Å². The van der Waals surface area contributed by atoms with Crippen molar-refractivity contribution in [1.82, 2.24) is 9.97 Å². The summed E-state index contributed by atoms with van der Waals surface area (Å²) in [5.41, 5.74) is 3.18. The Morgan fingerprint density at radius 3 is 0.468 bits per heavy atom. The first-order chi connectivity index (χ1) is 22.6. The van der Waals surface area contributed by atoms with Crippen molar-refractivity contribution in [3.05, 3.63) is 60.2 Å². The second-order valence-corrected chi connectivity index (χ2v) is 28.7. The van der Waals surface area contributed by atoms with Gasteiger partial charge in [-0.1, -0.05) is 41.5 Å². The Bertz CT molecular complexity index is 793. The quantitative estimate of drug-likeness (QED) is 0.198. The summed E-state index contributed by atoms with van der Waals surface area (Å²) in [6.07, 6.45) is 24.8. The smallest absolute Gasteiger partial charge is 2.00 e. The van der Waals surface area contributed by atoms with E-state index in [1.807, 2.05) is 24.8 Å². The van der Waals surface area contributed by atoms with Crippen LogP contribution in [0.4, 0.5) is 0 Å². The number of hydrogen-bond donors (Lipinski definition) is 0. The summed E-state index contributed by atoms with van der Waals surface area (Å²) < 4.78 is 0. The molecule has 62 heavy (non-hydrogen) atoms. The van der Waals surface area contributed by atoms with Gasteiger partial charge in [-0.25, -0.2) is 0 Å². The van der Waals surface area contributed by atoms with E-state index in [0.29, 0.717) is 0 Å². The number of pyridine rings is 2. The fraction of sp³-hybridized carbons (Fsp3) is 0.762. The second-order valence-electron chi connectivity index (χ2n) is 14.2. The van der Waals surface area contributed by atoms with E-state index in [2.05, 4.69) is 159 Å². The fourth-order valence-corrected chi connectivity index (χ4v) is 10.7. The summed E-state index contributed by atoms with van der Waals surface area (Å²) >= 11 is 0. The number of aromatic nitrogens is 2. The van der Waals surface area contributed by atoms with Crippen LogP contribution in [0.5, 0.6) is 0 Å². The Kier molecular flexibility index (Phi) is 173. The molecule has 0 fully saturated rings. The Morgan fingerprint density at radius 1 is 0.306 bits per heavy atom. The molecule has 0 saturated carbocycles. The Balaban J connectivity index is -0.0000000226. The van der Waals surface area contributed by atoms with Gasteiger partial charge >= 0.3 is 42.1 Å². The Morgan fingerprint density at radius 2 is 0.419 bits per heavy atom. The van der Waals surface area contributed by atoms with Crippen molar-refractivity contribution in [2.24, 2.45) is 0 Å². The maximum Gasteiger partial charge on any atom is 2.00 e. The van der Waals surface area contributed by atoms with Crippen molar-refractivity contribution in [3.63, 3.8) is 0 Å². The first-order valence-electron chi connectivity index (χ1n) is 19.7. The molecule has 0 N–H and O–H groups in total. The average Bonchev–Trinajstić information content (AvgIpc) is 3.09. The molecule has 0 saturated heterocycles. The summed E-state index contributed by atoms with van der Waals surface area (Å²) in [5, 5.41) is 0. The van der Waals surface area contributed by atoms with E-state index >= 15 is 0 Å². The molecular weight excluding hydrogens is 2020 g/mol. The predicted octanol–water partition coefficient (Wildman–Crippen LogP) is 13.8. The molecule has 0 aliphatic rings. The second kappa shape index (κ2) is 87.6. The van der Waals surface area contributed by atoms with Crippen molar-refractivity contribution >= 4 is 140 Å². The maximum absolute atomic E-state index is 3.96. The van der Waals surface area contributed by atoms with E-state index < -0.39 is 0 Å². The maximum atomic E-state index is 3.96. The molecule has 0 unspecified atom stereocenters. The van der Waals surface area contributed by atoms with Crippen molar-refractivity contribution < 1.29 is 126 Å². The SMILES string of the molecule is CC(C)(C)c1ccncc1.CC(C)(C)c1ccncc1.CC[PH+](CC)CC.CC[PH+](CC)CC.CC[PH+](CC)CC.CC[PH+](CC)CC.[S-2].[S-2].[S-2].[S-2].[S-2].[S-2].[S-2].[S-2].[W+2].[W+2].[W].[W].[W].[W]. The van der Waals surface area contributed by atoms with E-state index in [1.54, 1.807) is 0 Å². The molecule has 2 heterocycles. The summed E-state index contributed by atoms with van der Waals surface area (Å²) in [7, 11) is 0.549. The third-order valence-corrected chi connectivity index (χ3v) is 21.1. The van der Waals surface area contributed by atoms with Gasteiger partial charge in [0.25, 0.3) is 0 Å². The zero-order chi connectivity index (χ0) is 38.0. The van der Waals surface area contributed by atoms with E-state index in [-0.39, 0.29) is 277 Å². The van der Waals surface area contributed by atoms with Crippen LogP contribution in [0, 0.1) is 0 Å². The molecule has 380 valence electrons. The van der Waals surface area contributed by atoms with Gasteiger partial charge in [-0.15, -0.1) is 0 Å². The van der Waals surface area contributed by atoms with Crippen LogP contribution in [-0.2, 0) is 245 Å². The van der Waals surface area contributed by atoms with Gasteiger partial charge in [0.2, 0.25) is 0 Å². The van der Waals surface area contributed by atoms with Crippen molar-refractivity contribution in [1.29, 1.82) is 0 Å². The average molecular weight is 2110 g/mol. The molecule has 0 radical (unpaired) electrons. The predicted molar refractivity (Wildman–Crippen MR) is 305 cm³/mol. The minimum Gasteiger partial charge on any atom is -2.00 e. The van der Waals surface area contributed by atoms with Crippen LogP contribution in [0.15, 0.2) is 49.1 Å². The van der Waals surface area contributed by atoms with Gasteiger partial charge in [-0.3, -0.25) is 9.97 Å². The summed E-state index contributed by atoms with van der Waals surface area (Å²) in [4.78, 5) is 7.92. The molecule has 0 bridgehead atoms. The molecule has 0 aromatic carbocycles. The topological polar surface area (TPSA) is 25.8 Å². The standard InChI is InChI=1S/2C9H13N.4C6H15P.8S.6W/c2*1-9(2,3)8-4-6-10-7-5-8;4*1-4-7(5-2)6-3;;;;;;;;;;;;;;/h2*4-7H,1-3H3;4*4-6H2,1-3H3;;;;;;;;;;;;;;/q;;;;;;8*-2;;;;;2*+2/p+4. The zero-order valence-electron chi connectivity index (χ0n) is 41.7. The van der Waals surface area contributed by atoms with Gasteiger partial charge in [-0.2, -0.15) is 0 Å². The van der Waals surface area contributed by atoms with Crippen LogP contribution >= 0.6 is 31.7 Å². The molecule has 0 atom stereocenters. The Labute approximate surface area is 538 Å². The van der Waals surface area contributed by atoms with Crippen molar-refractivity contribution in [2.75, 3.05) is 73.9 Å². The van der Waals surface area contributed by atoms with Gasteiger partial charge in [0, 0.05) is 109 Å². The molecular formula is C42H90N2P4S8W6-8. The van der Waals surface area contributed by atoms with Gasteiger partial charge < -0.3 is 108 Å². The van der Waals surface area contributed by atoms with Crippen LogP contribution < -0.4 is 0 Å². The Hall–Kier alpha value is 6.95. The first kappa shape index (κ1) is 123. The third kappa shape index (κ3) is 83.8. The summed E-state index contributed by atoms with van der Waals surface area (Å²) in [5.74, 6) is 0. The minimum absolute atomic E-state index is 0. The molecule has 2 nitrogen and oxygen atoms in total. The molecule has 0 amide bonds.